The third-order valence-electron chi connectivity index (χ3n) is 6.00. The van der Waals surface area contributed by atoms with E-state index in [1.165, 1.54) is 19.4 Å². The number of fused-ring (bicyclic) bond motifs is 1. The van der Waals surface area contributed by atoms with Gasteiger partial charge in [-0.3, -0.25) is 9.69 Å². The molecular formula is C25H27FN8O2. The Morgan fingerprint density at radius 1 is 1.17 bits per heavy atom. The number of aromatic nitrogens is 4. The number of carbonyl (C=O) groups excluding carboxylic acids is 1. The number of aryl methyl sites for hydroxylation is 1. The van der Waals surface area contributed by atoms with Gasteiger partial charge in [0.25, 0.3) is 5.91 Å². The largest absolute Gasteiger partial charge is 0.435 e. The van der Waals surface area contributed by atoms with E-state index >= 15 is 4.39 Å². The molecule has 1 amide bonds. The number of pyridine rings is 1. The lowest BCUT2D eigenvalue weighted by Gasteiger charge is -2.27. The van der Waals surface area contributed by atoms with Crippen LogP contribution in [0, 0.1) is 12.7 Å². The molecule has 1 saturated heterocycles. The molecule has 1 aromatic carbocycles. The maximum Gasteiger partial charge on any atom is 0.260 e. The average molecular weight is 491 g/mol. The van der Waals surface area contributed by atoms with Gasteiger partial charge < -0.3 is 25.7 Å². The Bertz CT molecular complexity index is 1380. The molecule has 0 atom stereocenters. The number of ether oxygens (including phenoxy) is 1. The highest BCUT2D eigenvalue weighted by atomic mass is 19.1. The molecule has 0 aliphatic carbocycles. The van der Waals surface area contributed by atoms with E-state index in [-0.39, 0.29) is 23.0 Å². The molecule has 0 unspecified atom stereocenters. The van der Waals surface area contributed by atoms with Gasteiger partial charge in [0.2, 0.25) is 5.88 Å². The van der Waals surface area contributed by atoms with Gasteiger partial charge in [-0.05, 0) is 36.8 Å². The van der Waals surface area contributed by atoms with Crippen LogP contribution in [0.15, 0.2) is 42.9 Å². The van der Waals surface area contributed by atoms with E-state index < -0.39 is 11.7 Å². The minimum absolute atomic E-state index is 0.0384. The van der Waals surface area contributed by atoms with E-state index in [2.05, 4.69) is 40.8 Å². The highest BCUT2D eigenvalue weighted by molar-refractivity contribution is 6.01. The summed E-state index contributed by atoms with van der Waals surface area (Å²) in [5, 5.41) is 9.37. The van der Waals surface area contributed by atoms with Crippen molar-refractivity contribution in [3.05, 3.63) is 65.5 Å². The van der Waals surface area contributed by atoms with Crippen molar-refractivity contribution in [2.75, 3.05) is 38.5 Å². The van der Waals surface area contributed by atoms with Gasteiger partial charge in [-0.15, -0.1) is 0 Å². The lowest BCUT2D eigenvalue weighted by molar-refractivity contribution is 0.0960. The van der Waals surface area contributed by atoms with Gasteiger partial charge in [0.15, 0.2) is 17.4 Å². The number of aromatic amines is 1. The standard InChI is InChI=1S/C25H27FN8O2/c1-15-11-17-18(32-15)4-5-19(22(17)26)36-25-21(24(35)27-2)23(30-14-31-25)33-20-6-3-16(12-29-20)13-34-9-7-28-8-10-34/h3-6,11-12,14,28,32H,7-10,13H2,1-2H3,(H,27,35)(H,29,30,31,33). The first-order chi connectivity index (χ1) is 17.5. The van der Waals surface area contributed by atoms with Gasteiger partial charge in [0, 0.05) is 62.6 Å². The number of nitrogens with one attached hydrogen (secondary N) is 4. The molecule has 0 radical (unpaired) electrons. The monoisotopic (exact) mass is 490 g/mol. The van der Waals surface area contributed by atoms with Crippen LogP contribution in [-0.2, 0) is 6.54 Å². The highest BCUT2D eigenvalue weighted by Gasteiger charge is 2.22. The summed E-state index contributed by atoms with van der Waals surface area (Å²) in [5.74, 6) is -0.457. The van der Waals surface area contributed by atoms with Crippen LogP contribution in [-0.4, -0.2) is 64.0 Å². The topological polar surface area (TPSA) is 120 Å². The van der Waals surface area contributed by atoms with Gasteiger partial charge in [0.05, 0.1) is 0 Å². The number of halogens is 1. The number of benzene rings is 1. The van der Waals surface area contributed by atoms with Crippen LogP contribution in [0.5, 0.6) is 11.6 Å². The first kappa shape index (κ1) is 23.6. The predicted molar refractivity (Wildman–Crippen MR) is 134 cm³/mol. The lowest BCUT2D eigenvalue weighted by atomic mass is 10.2. The zero-order valence-electron chi connectivity index (χ0n) is 20.1. The van der Waals surface area contributed by atoms with E-state index in [0.29, 0.717) is 16.7 Å². The molecule has 1 aliphatic rings. The Morgan fingerprint density at radius 2 is 2.00 bits per heavy atom. The van der Waals surface area contributed by atoms with E-state index in [1.807, 2.05) is 19.1 Å². The summed E-state index contributed by atoms with van der Waals surface area (Å²) in [7, 11) is 1.49. The fraction of sp³-hybridized carbons (Fsp3) is 0.280. The summed E-state index contributed by atoms with van der Waals surface area (Å²) in [6.45, 7) is 6.62. The van der Waals surface area contributed by atoms with Gasteiger partial charge in [0.1, 0.15) is 17.7 Å². The van der Waals surface area contributed by atoms with Crippen molar-refractivity contribution in [3.8, 4) is 11.6 Å². The van der Waals surface area contributed by atoms with E-state index in [4.69, 9.17) is 4.74 Å². The second-order valence-electron chi connectivity index (χ2n) is 8.58. The Morgan fingerprint density at radius 3 is 2.75 bits per heavy atom. The number of H-pyrrole nitrogens is 1. The number of piperazine rings is 1. The first-order valence-corrected chi connectivity index (χ1v) is 11.7. The van der Waals surface area contributed by atoms with Crippen molar-refractivity contribution < 1.29 is 13.9 Å². The predicted octanol–water partition coefficient (Wildman–Crippen LogP) is 3.10. The maximum atomic E-state index is 15.1. The molecule has 0 saturated carbocycles. The lowest BCUT2D eigenvalue weighted by Crippen LogP contribution is -2.42. The van der Waals surface area contributed by atoms with Crippen molar-refractivity contribution in [3.63, 3.8) is 0 Å². The molecule has 10 nitrogen and oxygen atoms in total. The normalized spacial score (nSPS) is 14.1. The van der Waals surface area contributed by atoms with Crippen molar-refractivity contribution in [2.24, 2.45) is 0 Å². The summed E-state index contributed by atoms with van der Waals surface area (Å²) in [4.78, 5) is 31.0. The number of amides is 1. The molecule has 186 valence electrons. The Hall–Kier alpha value is -4.09. The molecule has 1 fully saturated rings. The second kappa shape index (κ2) is 10.3. The maximum absolute atomic E-state index is 15.1. The summed E-state index contributed by atoms with van der Waals surface area (Å²) in [6, 6.07) is 8.72. The third-order valence-corrected chi connectivity index (χ3v) is 6.00. The Labute approximate surface area is 207 Å². The Kier molecular flexibility index (Phi) is 6.74. The van der Waals surface area contributed by atoms with Gasteiger partial charge in [-0.2, -0.15) is 0 Å². The van der Waals surface area contributed by atoms with E-state index in [9.17, 15) is 4.79 Å². The van der Waals surface area contributed by atoms with Gasteiger partial charge >= 0.3 is 0 Å². The van der Waals surface area contributed by atoms with Crippen molar-refractivity contribution in [1.29, 1.82) is 0 Å². The molecule has 3 aromatic heterocycles. The molecule has 0 bridgehead atoms. The van der Waals surface area contributed by atoms with Crippen molar-refractivity contribution >= 4 is 28.4 Å². The number of hydrogen-bond acceptors (Lipinski definition) is 8. The fourth-order valence-corrected chi connectivity index (χ4v) is 4.18. The summed E-state index contributed by atoms with van der Waals surface area (Å²) in [5.41, 5.74) is 2.61. The Balaban J connectivity index is 1.40. The third kappa shape index (κ3) is 4.97. The summed E-state index contributed by atoms with van der Waals surface area (Å²) < 4.78 is 20.9. The highest BCUT2D eigenvalue weighted by Crippen LogP contribution is 2.33. The number of anilines is 2. The zero-order valence-corrected chi connectivity index (χ0v) is 20.1. The molecule has 4 N–H and O–H groups in total. The fourth-order valence-electron chi connectivity index (χ4n) is 4.18. The zero-order chi connectivity index (χ0) is 25.1. The van der Waals surface area contributed by atoms with Crippen LogP contribution in [0.2, 0.25) is 0 Å². The molecular weight excluding hydrogens is 463 g/mol. The molecule has 5 rings (SSSR count). The molecule has 4 heterocycles. The van der Waals surface area contributed by atoms with Gasteiger partial charge in [-0.1, -0.05) is 6.07 Å². The summed E-state index contributed by atoms with van der Waals surface area (Å²) in [6.07, 6.45) is 3.05. The molecule has 0 spiro atoms. The smallest absolute Gasteiger partial charge is 0.260 e. The molecule has 1 aliphatic heterocycles. The SMILES string of the molecule is CNC(=O)c1c(Nc2ccc(CN3CCNCC3)cn2)ncnc1Oc1ccc2[nH]c(C)cc2c1F. The average Bonchev–Trinajstić information content (AvgIpc) is 3.28. The van der Waals surface area contributed by atoms with Crippen molar-refractivity contribution in [2.45, 2.75) is 13.5 Å². The van der Waals surface area contributed by atoms with Gasteiger partial charge in [-0.25, -0.2) is 19.3 Å². The van der Waals surface area contributed by atoms with E-state index in [0.717, 1.165) is 44.0 Å². The van der Waals surface area contributed by atoms with Crippen LogP contribution in [0.3, 0.4) is 0 Å². The van der Waals surface area contributed by atoms with Crippen LogP contribution in [0.4, 0.5) is 16.0 Å². The molecule has 4 aromatic rings. The molecule has 11 heteroatoms. The van der Waals surface area contributed by atoms with Crippen LogP contribution in [0.25, 0.3) is 10.9 Å². The minimum Gasteiger partial charge on any atom is -0.435 e. The van der Waals surface area contributed by atoms with Crippen LogP contribution < -0.4 is 20.7 Å². The molecule has 36 heavy (non-hydrogen) atoms. The minimum atomic E-state index is -0.547. The first-order valence-electron chi connectivity index (χ1n) is 11.7. The van der Waals surface area contributed by atoms with E-state index in [1.54, 1.807) is 18.3 Å². The number of nitrogens with zero attached hydrogens (tertiary/aromatic N) is 4. The van der Waals surface area contributed by atoms with Crippen LogP contribution in [0.1, 0.15) is 21.6 Å². The quantitative estimate of drug-likeness (QED) is 0.312. The number of hydrogen-bond donors (Lipinski definition) is 4. The second-order valence-corrected chi connectivity index (χ2v) is 8.58. The number of carbonyl (C=O) groups is 1. The summed E-state index contributed by atoms with van der Waals surface area (Å²) >= 11 is 0. The van der Waals surface area contributed by atoms with Crippen LogP contribution >= 0.6 is 0 Å². The van der Waals surface area contributed by atoms with Crippen molar-refractivity contribution in [1.82, 2.24) is 35.5 Å². The number of rotatable bonds is 7.